The molecule has 0 spiro atoms. The largest absolute Gasteiger partial charge is 0.376 e. The second kappa shape index (κ2) is 7.45. The lowest BCUT2D eigenvalue weighted by atomic mass is 10.2. The van der Waals surface area contributed by atoms with E-state index in [1.165, 1.54) is 0 Å². The highest BCUT2D eigenvalue weighted by atomic mass is 127. The van der Waals surface area contributed by atoms with Crippen molar-refractivity contribution < 1.29 is 0 Å². The Morgan fingerprint density at radius 1 is 1.21 bits per heavy atom. The van der Waals surface area contributed by atoms with Crippen molar-refractivity contribution in [2.24, 2.45) is 0 Å². The minimum Gasteiger partial charge on any atom is -0.376 e. The second-order valence-electron chi connectivity index (χ2n) is 3.86. The first kappa shape index (κ1) is 15.1. The van der Waals surface area contributed by atoms with Gasteiger partial charge in [-0.3, -0.25) is 0 Å². The van der Waals surface area contributed by atoms with Crippen LogP contribution >= 0.6 is 22.6 Å². The van der Waals surface area contributed by atoms with Crippen LogP contribution in [-0.4, -0.2) is 19.0 Å². The van der Waals surface area contributed by atoms with Crippen LogP contribution in [0.2, 0.25) is 0 Å². The summed E-state index contributed by atoms with van der Waals surface area (Å²) in [6, 6.07) is 11.7. The van der Waals surface area contributed by atoms with Crippen LogP contribution in [0.4, 0.5) is 5.69 Å². The van der Waals surface area contributed by atoms with Crippen LogP contribution in [-0.2, 0) is 0 Å². The smallest absolute Gasteiger partial charge is 0.152 e. The average molecular weight is 364 g/mol. The van der Waals surface area contributed by atoms with E-state index in [0.29, 0.717) is 5.70 Å². The number of nitrogens with one attached hydrogen (secondary N) is 1. The Kier molecular flexibility index (Phi) is 5.91. The Bertz CT molecular complexity index is 555. The second-order valence-corrected chi connectivity index (χ2v) is 5.11. The highest BCUT2D eigenvalue weighted by Crippen LogP contribution is 2.12. The fraction of sp³-hybridized carbons (Fsp3) is 0.143. The molecule has 0 saturated carbocycles. The van der Waals surface area contributed by atoms with Gasteiger partial charge in [-0.1, -0.05) is 0 Å². The van der Waals surface area contributed by atoms with Crippen molar-refractivity contribution in [3.63, 3.8) is 0 Å². The molecule has 1 N–H and O–H groups in total. The first-order valence-electron chi connectivity index (χ1n) is 5.49. The zero-order chi connectivity index (χ0) is 14.3. The van der Waals surface area contributed by atoms with E-state index in [1.54, 1.807) is 31.3 Å². The minimum atomic E-state index is 0.0886. The van der Waals surface area contributed by atoms with Gasteiger partial charge in [0.25, 0.3) is 0 Å². The molecule has 0 radical (unpaired) electrons. The lowest BCUT2D eigenvalue weighted by Crippen LogP contribution is -2.11. The molecule has 0 aliphatic rings. The number of nitrogens with zero attached hydrogens (tertiary/aromatic N) is 3. The predicted molar refractivity (Wildman–Crippen MR) is 83.9 cm³/mol. The molecule has 0 amide bonds. The summed E-state index contributed by atoms with van der Waals surface area (Å²) in [5.74, 6) is 0. The Hall–Kier alpha value is -1.99. The molecule has 4 nitrogen and oxygen atoms in total. The zero-order valence-electron chi connectivity index (χ0n) is 10.7. The molecular formula is C14H13IN4. The Labute approximate surface area is 126 Å². The van der Waals surface area contributed by atoms with E-state index in [2.05, 4.69) is 27.9 Å². The average Bonchev–Trinajstić information content (AvgIpc) is 2.40. The van der Waals surface area contributed by atoms with E-state index >= 15 is 0 Å². The van der Waals surface area contributed by atoms with Gasteiger partial charge in [-0.25, -0.2) is 0 Å². The van der Waals surface area contributed by atoms with Crippen LogP contribution in [0.1, 0.15) is 0 Å². The van der Waals surface area contributed by atoms with E-state index in [0.717, 1.165) is 9.26 Å². The van der Waals surface area contributed by atoms with E-state index in [9.17, 15) is 0 Å². The molecule has 0 aromatic heterocycles. The molecule has 0 bridgehead atoms. The highest BCUT2D eigenvalue weighted by molar-refractivity contribution is 14.1. The maximum Gasteiger partial charge on any atom is 0.152 e. The normalized spacial score (nSPS) is 9.53. The standard InChI is InChI=1S/C14H13IN4/c1-19(2)14(11(9-16)10-17)7-8-18-13-5-3-12(15)4-6-13/h3-8,18H,1-2H3. The number of hydrogen-bond acceptors (Lipinski definition) is 4. The summed E-state index contributed by atoms with van der Waals surface area (Å²) in [7, 11) is 3.58. The number of hydrogen-bond donors (Lipinski definition) is 1. The zero-order valence-corrected chi connectivity index (χ0v) is 12.8. The molecule has 0 atom stereocenters. The van der Waals surface area contributed by atoms with Gasteiger partial charge in [-0.05, 0) is 52.9 Å². The number of halogens is 1. The van der Waals surface area contributed by atoms with Crippen molar-refractivity contribution in [2.75, 3.05) is 19.4 Å². The van der Waals surface area contributed by atoms with Crippen molar-refractivity contribution in [2.45, 2.75) is 0 Å². The van der Waals surface area contributed by atoms with Gasteiger partial charge in [-0.2, -0.15) is 10.5 Å². The highest BCUT2D eigenvalue weighted by Gasteiger charge is 2.04. The summed E-state index contributed by atoms with van der Waals surface area (Å²) in [5, 5.41) is 20.9. The molecule has 0 saturated heterocycles. The molecule has 0 aliphatic heterocycles. The van der Waals surface area contributed by atoms with Gasteiger partial charge in [0, 0.05) is 29.6 Å². The Balaban J connectivity index is 2.85. The third-order valence-electron chi connectivity index (χ3n) is 2.30. The van der Waals surface area contributed by atoms with Crippen LogP contribution in [0, 0.1) is 26.2 Å². The van der Waals surface area contributed by atoms with Crippen molar-refractivity contribution in [3.8, 4) is 12.1 Å². The van der Waals surface area contributed by atoms with Crippen molar-refractivity contribution >= 4 is 28.3 Å². The third kappa shape index (κ3) is 4.65. The van der Waals surface area contributed by atoms with E-state index in [1.807, 2.05) is 36.4 Å². The fourth-order valence-electron chi connectivity index (χ4n) is 1.36. The lowest BCUT2D eigenvalue weighted by molar-refractivity contribution is 0.527. The van der Waals surface area contributed by atoms with Gasteiger partial charge in [0.2, 0.25) is 0 Å². The quantitative estimate of drug-likeness (QED) is 0.507. The van der Waals surface area contributed by atoms with Crippen LogP contribution in [0.5, 0.6) is 0 Å². The number of anilines is 1. The third-order valence-corrected chi connectivity index (χ3v) is 3.02. The summed E-state index contributed by atoms with van der Waals surface area (Å²) >= 11 is 2.24. The summed E-state index contributed by atoms with van der Waals surface area (Å²) < 4.78 is 1.16. The number of benzene rings is 1. The molecule has 0 fully saturated rings. The Morgan fingerprint density at radius 3 is 2.26 bits per heavy atom. The fourth-order valence-corrected chi connectivity index (χ4v) is 1.72. The van der Waals surface area contributed by atoms with Gasteiger partial charge in [-0.15, -0.1) is 0 Å². The monoisotopic (exact) mass is 364 g/mol. The van der Waals surface area contributed by atoms with Gasteiger partial charge in [0.15, 0.2) is 5.57 Å². The van der Waals surface area contributed by atoms with Gasteiger partial charge in [0.1, 0.15) is 12.1 Å². The molecule has 1 rings (SSSR count). The SMILES string of the molecule is CN(C)C(C=CNc1ccc(I)cc1)=C(C#N)C#N. The van der Waals surface area contributed by atoms with E-state index in [-0.39, 0.29) is 5.57 Å². The Morgan fingerprint density at radius 2 is 1.79 bits per heavy atom. The maximum absolute atomic E-state index is 8.88. The topological polar surface area (TPSA) is 62.9 Å². The van der Waals surface area contributed by atoms with Crippen LogP contribution in [0.3, 0.4) is 0 Å². The number of rotatable bonds is 4. The van der Waals surface area contributed by atoms with Gasteiger partial charge >= 0.3 is 0 Å². The summed E-state index contributed by atoms with van der Waals surface area (Å²) in [4.78, 5) is 1.73. The molecule has 1 aromatic carbocycles. The minimum absolute atomic E-state index is 0.0886. The van der Waals surface area contributed by atoms with E-state index in [4.69, 9.17) is 10.5 Å². The predicted octanol–water partition coefficient (Wildman–Crippen LogP) is 3.08. The number of likely N-dealkylation sites (N-methyl/N-ethyl adjacent to an activating group) is 1. The summed E-state index contributed by atoms with van der Waals surface area (Å²) in [6.45, 7) is 0. The number of nitriles is 2. The molecule has 96 valence electrons. The van der Waals surface area contributed by atoms with E-state index < -0.39 is 0 Å². The molecule has 0 aliphatic carbocycles. The van der Waals surface area contributed by atoms with Crippen molar-refractivity contribution in [3.05, 3.63) is 51.4 Å². The van der Waals surface area contributed by atoms with Crippen molar-refractivity contribution in [1.82, 2.24) is 4.90 Å². The maximum atomic E-state index is 8.88. The molecule has 0 heterocycles. The van der Waals surface area contributed by atoms with Crippen LogP contribution < -0.4 is 5.32 Å². The molecule has 1 aromatic rings. The first-order valence-corrected chi connectivity index (χ1v) is 6.57. The summed E-state index contributed by atoms with van der Waals surface area (Å²) in [6.07, 6.45) is 3.42. The first-order chi connectivity index (χ1) is 9.08. The molecule has 19 heavy (non-hydrogen) atoms. The molecular weight excluding hydrogens is 351 g/mol. The lowest BCUT2D eigenvalue weighted by Gasteiger charge is -2.13. The van der Waals surface area contributed by atoms with Crippen molar-refractivity contribution in [1.29, 1.82) is 10.5 Å². The van der Waals surface area contributed by atoms with Crippen LogP contribution in [0.25, 0.3) is 0 Å². The van der Waals surface area contributed by atoms with Gasteiger partial charge in [0.05, 0.1) is 5.70 Å². The molecule has 5 heteroatoms. The molecule has 0 unspecified atom stereocenters. The summed E-state index contributed by atoms with van der Waals surface area (Å²) in [5.41, 5.74) is 1.61. The van der Waals surface area contributed by atoms with Crippen LogP contribution in [0.15, 0.2) is 47.8 Å². The van der Waals surface area contributed by atoms with Gasteiger partial charge < -0.3 is 10.2 Å². The number of allylic oxidation sites excluding steroid dienone is 2.